The second kappa shape index (κ2) is 42.8. The van der Waals surface area contributed by atoms with Gasteiger partial charge in [-0.3, -0.25) is 0 Å². The fourth-order valence-corrected chi connectivity index (χ4v) is 19.5. The van der Waals surface area contributed by atoms with E-state index >= 15 is 0 Å². The second-order valence-corrected chi connectivity index (χ2v) is 37.2. The Balaban J connectivity index is 0.000000160. The largest absolute Gasteiger partial charge is 0.208 e. The maximum atomic E-state index is 5.19. The number of rotatable bonds is 23. The van der Waals surface area contributed by atoms with Crippen molar-refractivity contribution in [1.29, 1.82) is 0 Å². The summed E-state index contributed by atoms with van der Waals surface area (Å²) in [5.74, 6) is 5.61. The van der Waals surface area contributed by atoms with Crippen LogP contribution in [0, 0.1) is 0 Å². The predicted octanol–water partition coefficient (Wildman–Crippen LogP) is 36.3. The van der Waals surface area contributed by atoms with Crippen molar-refractivity contribution in [2.45, 2.75) is 0 Å². The lowest BCUT2D eigenvalue weighted by Crippen LogP contribution is -2.00. The molecule has 0 saturated carbocycles. The number of hydrogen-bond acceptors (Lipinski definition) is 9. The highest BCUT2D eigenvalue weighted by atomic mass is 15.1. The van der Waals surface area contributed by atoms with Crippen LogP contribution in [0.4, 0.5) is 0 Å². The molecule has 0 unspecified atom stereocenters. The zero-order chi connectivity index (χ0) is 100. The van der Waals surface area contributed by atoms with Gasteiger partial charge in [0.1, 0.15) is 0 Å². The van der Waals surface area contributed by atoms with Crippen LogP contribution < -0.4 is 0 Å². The Labute approximate surface area is 873 Å². The highest BCUT2D eigenvalue weighted by Gasteiger charge is 2.22. The van der Waals surface area contributed by atoms with E-state index in [1.807, 2.05) is 109 Å². The minimum absolute atomic E-state index is 0.602. The number of aromatic nitrogens is 9. The number of nitrogens with zero attached hydrogens (tertiary/aromatic N) is 9. The van der Waals surface area contributed by atoms with Crippen LogP contribution in [0.15, 0.2) is 576 Å². The number of benzene rings is 22. The topological polar surface area (TPSA) is 116 Å². The minimum Gasteiger partial charge on any atom is -0.208 e. The normalized spacial score (nSPS) is 11.1. The van der Waals surface area contributed by atoms with E-state index in [-0.39, 0.29) is 0 Å². The molecule has 704 valence electrons. The molecule has 25 rings (SSSR count). The van der Waals surface area contributed by atoms with E-state index in [2.05, 4.69) is 467 Å². The van der Waals surface area contributed by atoms with Crippen LogP contribution in [-0.2, 0) is 0 Å². The molecule has 0 spiro atoms. The second-order valence-electron chi connectivity index (χ2n) is 37.2. The van der Waals surface area contributed by atoms with Gasteiger partial charge in [0.05, 0.1) is 0 Å². The first-order chi connectivity index (χ1) is 74.2. The smallest absolute Gasteiger partial charge is 0.164 e. The summed E-state index contributed by atoms with van der Waals surface area (Å²) < 4.78 is 0. The molecule has 0 aliphatic heterocycles. The predicted molar refractivity (Wildman–Crippen MR) is 618 cm³/mol. The molecule has 0 aliphatic carbocycles. The first-order valence-electron chi connectivity index (χ1n) is 50.5. The third-order valence-corrected chi connectivity index (χ3v) is 27.3. The van der Waals surface area contributed by atoms with E-state index in [1.54, 1.807) is 0 Å². The van der Waals surface area contributed by atoms with Gasteiger partial charge in [-0.1, -0.05) is 485 Å². The van der Waals surface area contributed by atoms with Crippen molar-refractivity contribution in [2.24, 2.45) is 0 Å². The van der Waals surface area contributed by atoms with Gasteiger partial charge in [-0.05, 0) is 247 Å². The van der Waals surface area contributed by atoms with Gasteiger partial charge in [-0.15, -0.1) is 0 Å². The third kappa shape index (κ3) is 20.9. The Bertz CT molecular complexity index is 8930. The molecule has 25 aromatic rings. The standard InChI is InChI=1S/C72H48N6.C69H47N3/c1-5-20-49(21-6-1)53-28-16-38-63(45-53)70-76-71(64-39-17-29-54(46-64)50-22-7-2-8-23-50)78-72(77-70)66-41-19-37-62(48-66)60-35-15-33-58(44-60)56-31-13-30-55(42-56)57-32-14-34-59(43-57)61-36-18-40-65(47-61)69-74-67(51-24-9-3-10-25-51)73-68(75-69)52-26-11-4-12-27-52;1-5-18-48(19-6-1)51-36-38-53(39-37-51)68-70-67(52-24-11-4-12-25-52)71-69(72-68)63-35-17-33-61(44-63)59-31-15-29-57(42-59)55-27-13-26-54(40-55)56-28-14-30-58(41-56)60-32-16-34-62(43-60)66-46-64(49-20-7-2-8-21-49)45-65(47-66)50-22-9-3-10-23-50/h1-48H;1-47H. The molecule has 0 radical (unpaired) electrons. The summed E-state index contributed by atoms with van der Waals surface area (Å²) in [6, 6.07) is 202. The molecule has 22 aromatic carbocycles. The third-order valence-electron chi connectivity index (χ3n) is 27.3. The van der Waals surface area contributed by atoms with Crippen LogP contribution in [0.2, 0.25) is 0 Å². The highest BCUT2D eigenvalue weighted by molar-refractivity contribution is 5.89. The van der Waals surface area contributed by atoms with Gasteiger partial charge in [0.25, 0.3) is 0 Å². The Kier molecular flexibility index (Phi) is 26.3. The summed E-state index contributed by atoms with van der Waals surface area (Å²) in [4.78, 5) is 45.6. The van der Waals surface area contributed by atoms with E-state index in [9.17, 15) is 0 Å². The van der Waals surface area contributed by atoms with Crippen LogP contribution in [-0.4, -0.2) is 44.9 Å². The van der Waals surface area contributed by atoms with Gasteiger partial charge in [-0.2, -0.15) is 0 Å². The van der Waals surface area contributed by atoms with Gasteiger partial charge in [0.2, 0.25) is 0 Å². The summed E-state index contributed by atoms with van der Waals surface area (Å²) in [5.41, 5.74) is 40.2. The van der Waals surface area contributed by atoms with Gasteiger partial charge in [0.15, 0.2) is 52.4 Å². The number of hydrogen-bond donors (Lipinski definition) is 0. The van der Waals surface area contributed by atoms with Crippen molar-refractivity contribution in [1.82, 2.24) is 44.9 Å². The van der Waals surface area contributed by atoms with Crippen molar-refractivity contribution in [3.63, 3.8) is 0 Å². The molecule has 0 atom stereocenters. The van der Waals surface area contributed by atoms with E-state index in [0.29, 0.717) is 52.4 Å². The van der Waals surface area contributed by atoms with E-state index in [1.165, 1.54) is 55.6 Å². The summed E-state index contributed by atoms with van der Waals surface area (Å²) in [5, 5.41) is 0. The molecule has 9 nitrogen and oxygen atoms in total. The maximum Gasteiger partial charge on any atom is 0.164 e. The molecule has 0 fully saturated rings. The summed E-state index contributed by atoms with van der Waals surface area (Å²) in [7, 11) is 0. The SMILES string of the molecule is c1ccc(-c2ccc(-c3nc(-c4ccccc4)nc(-c4cccc(-c5cccc(-c6cccc(-c7cccc(-c8cccc(-c9cc(-c%10ccccc%10)cc(-c%10ccccc%10)c9)c8)c7)c6)c5)c4)n3)cc2)cc1.c1ccc(-c2cccc(-c3nc(-c4cccc(-c5ccccc5)c4)nc(-c4cccc(-c5cccc(-c6cccc(-c7cccc(-c8cccc(-c9nc(-c%10ccccc%10)nc(-c%10ccccc%10)n9)c8)c7)c6)c5)c4)n3)c2)cc1. The summed E-state index contributed by atoms with van der Waals surface area (Å²) in [6.07, 6.45) is 0. The van der Waals surface area contributed by atoms with E-state index in [4.69, 9.17) is 44.9 Å². The molecule has 150 heavy (non-hydrogen) atoms. The minimum atomic E-state index is 0.602. The van der Waals surface area contributed by atoms with Crippen LogP contribution in [0.3, 0.4) is 0 Å². The zero-order valence-corrected chi connectivity index (χ0v) is 81.9. The van der Waals surface area contributed by atoms with E-state index in [0.717, 1.165) is 150 Å². The van der Waals surface area contributed by atoms with Gasteiger partial charge in [-0.25, -0.2) is 44.9 Å². The van der Waals surface area contributed by atoms with Gasteiger partial charge < -0.3 is 0 Å². The zero-order valence-electron chi connectivity index (χ0n) is 81.9. The Morgan fingerprint density at radius 1 is 0.0600 bits per heavy atom. The Hall–Kier alpha value is -20.1. The average molecular weight is 1920 g/mol. The Morgan fingerprint density at radius 3 is 0.327 bits per heavy atom. The maximum absolute atomic E-state index is 5.19. The lowest BCUT2D eigenvalue weighted by molar-refractivity contribution is 1.07. The van der Waals surface area contributed by atoms with Gasteiger partial charge in [0, 0.05) is 50.1 Å². The molecule has 0 saturated heterocycles. The molecular formula is C141H95N9. The van der Waals surface area contributed by atoms with Crippen molar-refractivity contribution in [3.05, 3.63) is 576 Å². The van der Waals surface area contributed by atoms with E-state index < -0.39 is 0 Å². The summed E-state index contributed by atoms with van der Waals surface area (Å²) in [6.45, 7) is 0. The van der Waals surface area contributed by atoms with Crippen LogP contribution >= 0.6 is 0 Å². The first-order valence-corrected chi connectivity index (χ1v) is 50.5. The average Bonchev–Trinajstić information content (AvgIpc) is 0.765. The lowest BCUT2D eigenvalue weighted by Gasteiger charge is -2.13. The molecule has 3 aromatic heterocycles. The van der Waals surface area contributed by atoms with Gasteiger partial charge >= 0.3 is 0 Å². The summed E-state index contributed by atoms with van der Waals surface area (Å²) >= 11 is 0. The van der Waals surface area contributed by atoms with Crippen molar-refractivity contribution in [3.8, 4) is 258 Å². The highest BCUT2D eigenvalue weighted by Crippen LogP contribution is 2.43. The monoisotopic (exact) mass is 1910 g/mol. The molecule has 0 amide bonds. The molecule has 0 bridgehead atoms. The Morgan fingerprint density at radius 2 is 0.147 bits per heavy atom. The van der Waals surface area contributed by atoms with Crippen molar-refractivity contribution >= 4 is 0 Å². The molecular weight excluding hydrogens is 1820 g/mol. The molecule has 0 N–H and O–H groups in total. The quantitative estimate of drug-likeness (QED) is 0.0617. The van der Waals surface area contributed by atoms with Crippen LogP contribution in [0.1, 0.15) is 0 Å². The molecule has 3 heterocycles. The van der Waals surface area contributed by atoms with Crippen LogP contribution in [0.25, 0.3) is 258 Å². The first kappa shape index (κ1) is 92.3. The lowest BCUT2D eigenvalue weighted by atomic mass is 9.91. The fourth-order valence-electron chi connectivity index (χ4n) is 19.5. The molecule has 0 aliphatic rings. The van der Waals surface area contributed by atoms with Crippen molar-refractivity contribution in [2.75, 3.05) is 0 Å². The van der Waals surface area contributed by atoms with Crippen LogP contribution in [0.5, 0.6) is 0 Å². The molecule has 9 heteroatoms. The van der Waals surface area contributed by atoms with Crippen molar-refractivity contribution < 1.29 is 0 Å². The fraction of sp³-hybridized carbons (Fsp3) is 0.